The lowest BCUT2D eigenvalue weighted by Gasteiger charge is -2.36. The molecule has 1 heterocycles. The number of halogens is 3. The Kier molecular flexibility index (Phi) is 14.2. The number of rotatable bonds is 15. The number of hydrogen-bond donors (Lipinski definition) is 2. The van der Waals surface area contributed by atoms with Gasteiger partial charge in [0.15, 0.2) is 12.4 Å². The molecule has 0 aliphatic carbocycles. The standard InChI is InChI=1S/C37H50F3N2O8P/c1-34(2,3)49-33(46)41-29(20-24-15-17-27(18-16-24)37(38,39)40)31(44)42-21-26(14-11-19-51-50-36(6,7)35(4,5)47)28(22-42)32(45)48-23-30(43)25-12-9-8-10-13-25/h8-10,12-13,15-18,26,28-29,47,51H,11,14,19-23H2,1-7H3,(H,41,46)/t26?,28-,29?/m1/s1. The number of nitrogens with zero attached hydrogens (tertiary/aromatic N) is 1. The molecule has 1 aliphatic rings. The topological polar surface area (TPSA) is 131 Å². The monoisotopic (exact) mass is 738 g/mol. The molecule has 0 spiro atoms. The Balaban J connectivity index is 1.79. The largest absolute Gasteiger partial charge is 0.457 e. The number of nitrogens with one attached hydrogen (secondary N) is 1. The average Bonchev–Trinajstić information content (AvgIpc) is 3.45. The molecule has 3 unspecified atom stereocenters. The molecule has 2 N–H and O–H groups in total. The lowest BCUT2D eigenvalue weighted by molar-refractivity contribution is -0.148. The van der Waals surface area contributed by atoms with Crippen molar-refractivity contribution < 1.29 is 51.5 Å². The van der Waals surface area contributed by atoms with Crippen LogP contribution < -0.4 is 5.32 Å². The molecule has 3 rings (SSSR count). The minimum absolute atomic E-state index is 0.0497. The number of esters is 1. The molecule has 10 nitrogen and oxygen atoms in total. The van der Waals surface area contributed by atoms with E-state index in [2.05, 4.69) is 5.32 Å². The van der Waals surface area contributed by atoms with E-state index in [1.165, 1.54) is 17.0 Å². The summed E-state index contributed by atoms with van der Waals surface area (Å²) in [7, 11) is 0.0705. The van der Waals surface area contributed by atoms with Crippen molar-refractivity contribution in [1.29, 1.82) is 0 Å². The van der Waals surface area contributed by atoms with Gasteiger partial charge in [0, 0.05) is 33.9 Å². The third-order valence-corrected chi connectivity index (χ3v) is 10.1. The molecule has 2 aromatic rings. The molecule has 2 amide bonds. The lowest BCUT2D eigenvalue weighted by atomic mass is 9.90. The zero-order valence-electron chi connectivity index (χ0n) is 30.3. The molecule has 0 bridgehead atoms. The highest BCUT2D eigenvalue weighted by molar-refractivity contribution is 7.32. The number of carbonyl (C=O) groups is 4. The van der Waals surface area contributed by atoms with Gasteiger partial charge in [-0.3, -0.25) is 14.4 Å². The second-order valence-corrected chi connectivity index (χ2v) is 15.8. The van der Waals surface area contributed by atoms with E-state index >= 15 is 0 Å². The summed E-state index contributed by atoms with van der Waals surface area (Å²) in [5, 5.41) is 13.0. The number of ketones is 1. The molecule has 0 radical (unpaired) electrons. The van der Waals surface area contributed by atoms with Gasteiger partial charge < -0.3 is 29.3 Å². The maximum Gasteiger partial charge on any atom is 0.416 e. The highest BCUT2D eigenvalue weighted by Crippen LogP contribution is 2.35. The van der Waals surface area contributed by atoms with Gasteiger partial charge in [-0.1, -0.05) is 42.5 Å². The SMILES string of the molecule is CC(C)(C)OC(=O)NC(Cc1ccc(C(F)(F)F)cc1)C(=O)N1CC(CCCPOC(C)(C)C(C)(C)O)[C@H](C(=O)OCC(=O)c2ccccc2)C1. The number of hydrogen-bond acceptors (Lipinski definition) is 8. The van der Waals surface area contributed by atoms with Crippen molar-refractivity contribution in [3.63, 3.8) is 0 Å². The maximum atomic E-state index is 14.0. The third-order valence-electron chi connectivity index (χ3n) is 8.86. The summed E-state index contributed by atoms with van der Waals surface area (Å²) in [6, 6.07) is 11.5. The lowest BCUT2D eigenvalue weighted by Crippen LogP contribution is -2.50. The van der Waals surface area contributed by atoms with Crippen LogP contribution in [0.1, 0.15) is 82.8 Å². The second kappa shape index (κ2) is 17.3. The van der Waals surface area contributed by atoms with E-state index in [0.717, 1.165) is 12.1 Å². The van der Waals surface area contributed by atoms with Gasteiger partial charge in [-0.25, -0.2) is 4.79 Å². The summed E-state index contributed by atoms with van der Waals surface area (Å²) in [5.74, 6) is -2.69. The van der Waals surface area contributed by atoms with E-state index in [0.29, 0.717) is 30.1 Å². The molecule has 1 fully saturated rings. The van der Waals surface area contributed by atoms with Crippen LogP contribution >= 0.6 is 8.81 Å². The number of benzene rings is 2. The predicted molar refractivity (Wildman–Crippen MR) is 187 cm³/mol. The molecule has 0 aromatic heterocycles. The van der Waals surface area contributed by atoms with Gasteiger partial charge in [-0.15, -0.1) is 0 Å². The fraction of sp³-hybridized carbons (Fsp3) is 0.568. The number of alkyl halides is 3. The van der Waals surface area contributed by atoms with Crippen LogP contribution in [0.3, 0.4) is 0 Å². The van der Waals surface area contributed by atoms with E-state index in [-0.39, 0.29) is 40.0 Å². The normalized spacial score (nSPS) is 17.7. The van der Waals surface area contributed by atoms with Gasteiger partial charge in [-0.2, -0.15) is 13.2 Å². The number of likely N-dealkylation sites (tertiary alicyclic amines) is 1. The van der Waals surface area contributed by atoms with Gasteiger partial charge in [-0.05, 0) is 91.1 Å². The molecule has 1 saturated heterocycles. The first-order valence-corrected chi connectivity index (χ1v) is 18.0. The van der Waals surface area contributed by atoms with E-state index in [1.54, 1.807) is 78.8 Å². The third kappa shape index (κ3) is 12.9. The molecule has 1 aliphatic heterocycles. The van der Waals surface area contributed by atoms with Crippen molar-refractivity contribution in [2.45, 2.75) is 96.7 Å². The summed E-state index contributed by atoms with van der Waals surface area (Å²) in [5.41, 5.74) is -2.83. The Bertz CT molecular complexity index is 1490. The first-order valence-electron chi connectivity index (χ1n) is 16.9. The van der Waals surface area contributed by atoms with Crippen LogP contribution in [0.5, 0.6) is 0 Å². The zero-order valence-corrected chi connectivity index (χ0v) is 31.3. The Morgan fingerprint density at radius 1 is 0.941 bits per heavy atom. The minimum Gasteiger partial charge on any atom is -0.457 e. The number of Topliss-reactive ketones (excluding diaryl/α,β-unsaturated/α-hetero) is 1. The Morgan fingerprint density at radius 2 is 1.57 bits per heavy atom. The van der Waals surface area contributed by atoms with Crippen LogP contribution in [-0.2, 0) is 36.2 Å². The van der Waals surface area contributed by atoms with Crippen LogP contribution in [0.2, 0.25) is 0 Å². The van der Waals surface area contributed by atoms with Crippen molar-refractivity contribution in [2.75, 3.05) is 25.9 Å². The van der Waals surface area contributed by atoms with E-state index < -0.39 is 65.1 Å². The van der Waals surface area contributed by atoms with Crippen LogP contribution in [0, 0.1) is 11.8 Å². The molecule has 51 heavy (non-hydrogen) atoms. The van der Waals surface area contributed by atoms with E-state index in [1.807, 2.05) is 0 Å². The van der Waals surface area contributed by atoms with Gasteiger partial charge >= 0.3 is 18.2 Å². The van der Waals surface area contributed by atoms with Crippen LogP contribution in [0.25, 0.3) is 0 Å². The first kappa shape index (κ1) is 41.9. The van der Waals surface area contributed by atoms with Crippen LogP contribution in [-0.4, -0.2) is 82.5 Å². The van der Waals surface area contributed by atoms with Gasteiger partial charge in [0.2, 0.25) is 5.91 Å². The van der Waals surface area contributed by atoms with Crippen molar-refractivity contribution in [1.82, 2.24) is 10.2 Å². The number of carbonyl (C=O) groups excluding carboxylic acids is 4. The fourth-order valence-corrected chi connectivity index (χ4v) is 6.35. The van der Waals surface area contributed by atoms with Crippen LogP contribution in [0.15, 0.2) is 54.6 Å². The number of alkyl carbamates (subject to hydrolysis) is 1. The van der Waals surface area contributed by atoms with Gasteiger partial charge in [0.1, 0.15) is 11.6 Å². The van der Waals surface area contributed by atoms with Gasteiger partial charge in [0.05, 0.1) is 22.7 Å². The predicted octanol–water partition coefficient (Wildman–Crippen LogP) is 6.58. The Morgan fingerprint density at radius 3 is 2.14 bits per heavy atom. The molecule has 4 atom stereocenters. The van der Waals surface area contributed by atoms with E-state index in [9.17, 15) is 37.5 Å². The summed E-state index contributed by atoms with van der Waals surface area (Å²) in [6.45, 7) is 11.5. The summed E-state index contributed by atoms with van der Waals surface area (Å²) >= 11 is 0. The highest BCUT2D eigenvalue weighted by atomic mass is 31.1. The first-order chi connectivity index (χ1) is 23.6. The van der Waals surface area contributed by atoms with Gasteiger partial charge in [0.25, 0.3) is 0 Å². The number of aliphatic hydroxyl groups is 1. The summed E-state index contributed by atoms with van der Waals surface area (Å²) in [6.07, 6.45) is -3.78. The van der Waals surface area contributed by atoms with Crippen molar-refractivity contribution in [2.24, 2.45) is 11.8 Å². The fourth-order valence-electron chi connectivity index (χ4n) is 5.29. The molecule has 282 valence electrons. The quantitative estimate of drug-likeness (QED) is 0.0907. The molecular formula is C37H50F3N2O8P. The average molecular weight is 739 g/mol. The second-order valence-electron chi connectivity index (χ2n) is 14.8. The summed E-state index contributed by atoms with van der Waals surface area (Å²) < 4.78 is 56.4. The summed E-state index contributed by atoms with van der Waals surface area (Å²) in [4.78, 5) is 54.4. The smallest absolute Gasteiger partial charge is 0.416 e. The zero-order chi connectivity index (χ0) is 38.2. The maximum absolute atomic E-state index is 14.0. The number of amides is 2. The van der Waals surface area contributed by atoms with E-state index in [4.69, 9.17) is 14.0 Å². The minimum atomic E-state index is -4.54. The Hall–Kier alpha value is -3.54. The molecular weight excluding hydrogens is 688 g/mol. The molecule has 0 saturated carbocycles. The van der Waals surface area contributed by atoms with Crippen molar-refractivity contribution in [3.05, 3.63) is 71.3 Å². The number of ether oxygens (including phenoxy) is 2. The Labute approximate surface area is 299 Å². The van der Waals surface area contributed by atoms with Crippen LogP contribution in [0.4, 0.5) is 18.0 Å². The molecule has 2 aromatic carbocycles. The van der Waals surface area contributed by atoms with Crippen molar-refractivity contribution >= 4 is 32.6 Å². The molecule has 14 heteroatoms. The highest BCUT2D eigenvalue weighted by Gasteiger charge is 2.43. The van der Waals surface area contributed by atoms with Crippen molar-refractivity contribution in [3.8, 4) is 0 Å².